The third kappa shape index (κ3) is 11.4. The summed E-state index contributed by atoms with van der Waals surface area (Å²) in [6, 6.07) is 0. The third-order valence-electron chi connectivity index (χ3n) is 22.3. The van der Waals surface area contributed by atoms with Crippen LogP contribution < -0.4 is 0 Å². The quantitative estimate of drug-likeness (QED) is 0.0664. The normalized spacial score (nSPS) is 54.7. The van der Waals surface area contributed by atoms with E-state index in [1.54, 1.807) is 0 Å². The lowest BCUT2D eigenvalue weighted by Gasteiger charge is -2.62. The second kappa shape index (κ2) is 25.1. The summed E-state index contributed by atoms with van der Waals surface area (Å²) in [5.74, 6) is 0.297. The summed E-state index contributed by atoms with van der Waals surface area (Å²) in [4.78, 5) is 13.0. The lowest BCUT2D eigenvalue weighted by Crippen LogP contribution is -2.68. The molecule has 2 saturated carbocycles. The van der Waals surface area contributed by atoms with Crippen LogP contribution in [-0.2, 0) is 56.9 Å². The zero-order valence-electron chi connectivity index (χ0n) is 49.4. The first kappa shape index (κ1) is 66.3. The Morgan fingerprint density at radius 1 is 0.576 bits per heavy atom. The van der Waals surface area contributed by atoms with Crippen LogP contribution in [0.5, 0.6) is 0 Å². The molecule has 15 N–H and O–H groups in total. The smallest absolute Gasteiger partial charge is 0.187 e. The van der Waals surface area contributed by atoms with E-state index >= 15 is 0 Å². The van der Waals surface area contributed by atoms with Crippen LogP contribution in [0.2, 0.25) is 0 Å². The van der Waals surface area contributed by atoms with E-state index in [-0.39, 0.29) is 46.6 Å². The number of ketones is 1. The van der Waals surface area contributed by atoms with Crippen molar-refractivity contribution in [3.05, 3.63) is 11.1 Å². The van der Waals surface area contributed by atoms with Crippen molar-refractivity contribution < 1.29 is 133 Å². The van der Waals surface area contributed by atoms with Gasteiger partial charge in [0.05, 0.1) is 50.8 Å². The minimum atomic E-state index is -2.05. The SMILES string of the molecule is CCC(=O)C1CC(C)C2(CC3(C)CCC4=C(CCC5C4(C)CCC(OC4OC(COC6OCC(O)C(O)C6OC6OC(CO)C(O)C(OC7OC(CO)C(O)C(O)C7O)C6OC6OC(C)C(O)C(O)C6O)C(O)C(O)C4O)C5(C)CO)C3(C)C2)O1. The third-order valence-corrected chi connectivity index (χ3v) is 22.3. The Kier molecular flexibility index (Phi) is 19.6. The van der Waals surface area contributed by atoms with E-state index in [0.717, 1.165) is 44.9 Å². The van der Waals surface area contributed by atoms with Crippen molar-refractivity contribution in [3.8, 4) is 0 Å². The van der Waals surface area contributed by atoms with Crippen molar-refractivity contribution in [2.75, 3.05) is 33.0 Å². The molecule has 1 spiro atoms. The summed E-state index contributed by atoms with van der Waals surface area (Å²) in [5, 5.41) is 165. The van der Waals surface area contributed by atoms with Crippen molar-refractivity contribution in [2.24, 2.45) is 33.5 Å². The lowest BCUT2D eigenvalue weighted by atomic mass is 9.44. The number of aliphatic hydroxyl groups excluding tert-OH is 15. The molecule has 85 heavy (non-hydrogen) atoms. The van der Waals surface area contributed by atoms with Gasteiger partial charge in [0.15, 0.2) is 37.2 Å². The van der Waals surface area contributed by atoms with Gasteiger partial charge in [-0.25, -0.2) is 0 Å². The summed E-state index contributed by atoms with van der Waals surface area (Å²) in [6.45, 7) is 11.2. The number of Topliss-reactive ketones (excluding diaryl/α,β-unsaturated/α-hetero) is 1. The lowest BCUT2D eigenvalue weighted by molar-refractivity contribution is -0.406. The minimum absolute atomic E-state index is 0.0445. The Morgan fingerprint density at radius 2 is 1.15 bits per heavy atom. The molecule has 6 heterocycles. The summed E-state index contributed by atoms with van der Waals surface area (Å²) in [6.07, 6.45) is -36.8. The molecule has 10 aliphatic rings. The highest BCUT2D eigenvalue weighted by atomic mass is 16.8. The van der Waals surface area contributed by atoms with Gasteiger partial charge in [0.25, 0.3) is 0 Å². The zero-order chi connectivity index (χ0) is 61.8. The van der Waals surface area contributed by atoms with E-state index < -0.39 is 191 Å². The molecule has 0 bridgehead atoms. The number of rotatable bonds is 16. The van der Waals surface area contributed by atoms with Gasteiger partial charge in [-0.3, -0.25) is 4.79 Å². The van der Waals surface area contributed by atoms with Gasteiger partial charge in [0.2, 0.25) is 0 Å². The highest BCUT2D eigenvalue weighted by Gasteiger charge is 2.69. The highest BCUT2D eigenvalue weighted by Crippen LogP contribution is 2.74. The molecule has 0 aromatic heterocycles. The van der Waals surface area contributed by atoms with Gasteiger partial charge in [-0.05, 0) is 92.8 Å². The molecule has 0 amide bonds. The van der Waals surface area contributed by atoms with Crippen molar-refractivity contribution in [2.45, 2.75) is 278 Å². The fourth-order valence-electron chi connectivity index (χ4n) is 16.8. The summed E-state index contributed by atoms with van der Waals surface area (Å²) >= 11 is 0. The van der Waals surface area contributed by atoms with E-state index in [0.29, 0.717) is 19.3 Å². The first-order chi connectivity index (χ1) is 40.0. The van der Waals surface area contributed by atoms with Gasteiger partial charge in [0, 0.05) is 11.8 Å². The molecule has 0 aromatic carbocycles. The Hall–Kier alpha value is -1.63. The van der Waals surface area contributed by atoms with Crippen LogP contribution >= 0.6 is 0 Å². The summed E-state index contributed by atoms with van der Waals surface area (Å²) in [7, 11) is 0. The predicted octanol–water partition coefficient (Wildman–Crippen LogP) is -3.62. The van der Waals surface area contributed by atoms with Gasteiger partial charge in [0.1, 0.15) is 116 Å². The Morgan fingerprint density at radius 3 is 1.80 bits per heavy atom. The number of hydrogen-bond donors (Lipinski definition) is 15. The van der Waals surface area contributed by atoms with Crippen LogP contribution in [0, 0.1) is 33.5 Å². The molecule has 27 heteroatoms. The predicted molar refractivity (Wildman–Crippen MR) is 285 cm³/mol. The monoisotopic (exact) mass is 1220 g/mol. The maximum atomic E-state index is 13.0. The second-order valence-corrected chi connectivity index (χ2v) is 27.2. The molecule has 6 saturated heterocycles. The van der Waals surface area contributed by atoms with Crippen LogP contribution in [-0.4, -0.2) is 281 Å². The van der Waals surface area contributed by atoms with Gasteiger partial charge in [-0.1, -0.05) is 52.7 Å². The Balaban J connectivity index is 0.858. The topological polar surface area (TPSA) is 422 Å². The van der Waals surface area contributed by atoms with Crippen LogP contribution in [0.25, 0.3) is 0 Å². The van der Waals surface area contributed by atoms with E-state index in [9.17, 15) is 81.4 Å². The summed E-state index contributed by atoms with van der Waals surface area (Å²) in [5.41, 5.74) is 1.05. The molecule has 33 unspecified atom stereocenters. The average Bonchev–Trinajstić information content (AvgIpc) is 1.62. The number of carbonyl (C=O) groups is 1. The van der Waals surface area contributed by atoms with E-state index in [1.165, 1.54) is 18.1 Å². The minimum Gasteiger partial charge on any atom is -0.396 e. The average molecular weight is 1220 g/mol. The number of allylic oxidation sites excluding steroid dienone is 2. The van der Waals surface area contributed by atoms with Gasteiger partial charge in [-0.2, -0.15) is 0 Å². The molecule has 0 radical (unpaired) electrons. The van der Waals surface area contributed by atoms with Gasteiger partial charge in [-0.15, -0.1) is 0 Å². The number of aliphatic hydroxyl groups is 15. The zero-order valence-corrected chi connectivity index (χ0v) is 49.4. The summed E-state index contributed by atoms with van der Waals surface area (Å²) < 4.78 is 67.2. The molecule has 27 nitrogen and oxygen atoms in total. The molecular formula is C58H94O27. The Bertz CT molecular complexity index is 2350. The van der Waals surface area contributed by atoms with Crippen LogP contribution in [0.4, 0.5) is 0 Å². The Labute approximate surface area is 493 Å². The molecular weight excluding hydrogens is 1130 g/mol. The molecule has 488 valence electrons. The molecule has 8 fully saturated rings. The number of carbonyl (C=O) groups excluding carboxylic acids is 1. The van der Waals surface area contributed by atoms with Gasteiger partial charge < -0.3 is 129 Å². The second-order valence-electron chi connectivity index (χ2n) is 27.2. The van der Waals surface area contributed by atoms with Crippen LogP contribution in [0.3, 0.4) is 0 Å². The molecule has 6 aliphatic heterocycles. The highest BCUT2D eigenvalue weighted by molar-refractivity contribution is 5.83. The first-order valence-electron chi connectivity index (χ1n) is 30.5. The van der Waals surface area contributed by atoms with E-state index in [1.807, 2.05) is 13.8 Å². The van der Waals surface area contributed by atoms with Crippen LogP contribution in [0.1, 0.15) is 113 Å². The molecule has 4 aliphatic carbocycles. The fourth-order valence-corrected chi connectivity index (χ4v) is 16.8. The largest absolute Gasteiger partial charge is 0.396 e. The van der Waals surface area contributed by atoms with E-state index in [4.69, 9.17) is 52.1 Å². The van der Waals surface area contributed by atoms with E-state index in [2.05, 4.69) is 27.7 Å². The number of hydrogen-bond acceptors (Lipinski definition) is 27. The van der Waals surface area contributed by atoms with Crippen molar-refractivity contribution in [3.63, 3.8) is 0 Å². The number of ether oxygens (including phenoxy) is 11. The molecule has 33 atom stereocenters. The van der Waals surface area contributed by atoms with Crippen molar-refractivity contribution >= 4 is 5.78 Å². The maximum absolute atomic E-state index is 13.0. The van der Waals surface area contributed by atoms with Crippen LogP contribution in [0.15, 0.2) is 11.1 Å². The standard InChI is InChI=1S/C58H94O27/c1-8-27(62)29-15-23(2)58(85-29)20-54(4)13-11-25-26(57(54,7)21-58)9-10-33-55(25,5)14-12-34(56(33,6)22-61)81-50-44(73)42(71)38(67)32(80-50)19-76-52-47(36(65)28(63)18-75-52)83-53-48(84-49-43(72)40(69)35(64)24(3)77-49)46(39(68)31(17-60)79-53)82-51-45(74)41(70)37(66)30(16-59)78-51/h23-24,28-53,59-61,63-74H,8-22H2,1-7H3. The molecule has 10 rings (SSSR count). The first-order valence-corrected chi connectivity index (χ1v) is 30.5. The molecule has 0 aromatic rings. The van der Waals surface area contributed by atoms with Crippen molar-refractivity contribution in [1.82, 2.24) is 0 Å². The number of fused-ring (bicyclic) bond motifs is 4. The maximum Gasteiger partial charge on any atom is 0.187 e. The van der Waals surface area contributed by atoms with Gasteiger partial charge >= 0.3 is 0 Å². The fraction of sp³-hybridized carbons (Fsp3) is 0.948. The van der Waals surface area contributed by atoms with Crippen molar-refractivity contribution in [1.29, 1.82) is 0 Å².